The zero-order valence-electron chi connectivity index (χ0n) is 20.5. The quantitative estimate of drug-likeness (QED) is 0.126. The highest BCUT2D eigenvalue weighted by molar-refractivity contribution is 7.80. The van der Waals surface area contributed by atoms with Gasteiger partial charge in [0.1, 0.15) is 0 Å². The van der Waals surface area contributed by atoms with Gasteiger partial charge in [0.25, 0.3) is 0 Å². The topological polar surface area (TPSA) is 64.5 Å². The molecule has 0 unspecified atom stereocenters. The van der Waals surface area contributed by atoms with E-state index in [2.05, 4.69) is 17.6 Å². The van der Waals surface area contributed by atoms with Gasteiger partial charge >= 0.3 is 6.18 Å². The van der Waals surface area contributed by atoms with Crippen molar-refractivity contribution in [3.63, 3.8) is 0 Å². The lowest BCUT2D eigenvalue weighted by atomic mass is 10.0. The molecule has 0 radical (unpaired) electrons. The molecule has 0 spiro atoms. The van der Waals surface area contributed by atoms with Crippen LogP contribution in [0.2, 0.25) is 0 Å². The van der Waals surface area contributed by atoms with Crippen LogP contribution in [0, 0.1) is 0 Å². The van der Waals surface area contributed by atoms with Gasteiger partial charge in [-0.25, -0.2) is 0 Å². The van der Waals surface area contributed by atoms with Crippen LogP contribution in [0.5, 0.6) is 0 Å². The number of hydrogen-bond acceptors (Lipinski definition) is 3. The first-order valence-electron chi connectivity index (χ1n) is 12.8. The highest BCUT2D eigenvalue weighted by Gasteiger charge is 2.30. The van der Waals surface area contributed by atoms with Crippen molar-refractivity contribution in [1.82, 2.24) is 5.32 Å². The third-order valence-corrected chi connectivity index (χ3v) is 6.25. The summed E-state index contributed by atoms with van der Waals surface area (Å²) in [4.78, 5) is 0. The molecule has 0 bridgehead atoms. The standard InChI is InChI=1S/C26H43F3N2O2S/c1-2-3-4-5-6-7-8-9-10-11-12-13-14-18-24(33)23(20-32)31-25(34)30-22-17-15-16-21(19-22)26(27,28)29/h15-17,19,23-24,32-33H,2-14,18,20H2,1H3,(H2,30,31,34)/t23-,24+/m0/s1. The Morgan fingerprint density at radius 3 is 1.94 bits per heavy atom. The highest BCUT2D eigenvalue weighted by Crippen LogP contribution is 2.30. The number of unbranched alkanes of at least 4 members (excludes halogenated alkanes) is 12. The summed E-state index contributed by atoms with van der Waals surface area (Å²) < 4.78 is 38.5. The second-order valence-corrected chi connectivity index (χ2v) is 9.47. The Hall–Kier alpha value is -1.38. The average Bonchev–Trinajstić information content (AvgIpc) is 2.80. The molecule has 1 aromatic rings. The minimum absolute atomic E-state index is 0.0581. The predicted molar refractivity (Wildman–Crippen MR) is 138 cm³/mol. The van der Waals surface area contributed by atoms with Crippen molar-refractivity contribution in [2.45, 2.75) is 115 Å². The maximum Gasteiger partial charge on any atom is 0.416 e. The van der Waals surface area contributed by atoms with Gasteiger partial charge in [-0.15, -0.1) is 0 Å². The molecular formula is C26H43F3N2O2S. The Labute approximate surface area is 208 Å². The number of aliphatic hydroxyl groups excluding tert-OH is 2. The number of benzene rings is 1. The fourth-order valence-electron chi connectivity index (χ4n) is 3.94. The van der Waals surface area contributed by atoms with Crippen molar-refractivity contribution in [2.75, 3.05) is 11.9 Å². The Kier molecular flexibility index (Phi) is 16.2. The van der Waals surface area contributed by atoms with Gasteiger partial charge < -0.3 is 20.8 Å². The van der Waals surface area contributed by atoms with Crippen molar-refractivity contribution in [3.8, 4) is 0 Å². The number of rotatable bonds is 18. The van der Waals surface area contributed by atoms with E-state index in [4.69, 9.17) is 12.2 Å². The molecule has 8 heteroatoms. The first-order chi connectivity index (χ1) is 16.3. The van der Waals surface area contributed by atoms with Crippen LogP contribution in [0.25, 0.3) is 0 Å². The molecule has 34 heavy (non-hydrogen) atoms. The van der Waals surface area contributed by atoms with E-state index in [9.17, 15) is 23.4 Å². The lowest BCUT2D eigenvalue weighted by Gasteiger charge is -2.24. The fraction of sp³-hybridized carbons (Fsp3) is 0.731. The molecule has 4 nitrogen and oxygen atoms in total. The molecule has 0 aromatic heterocycles. The lowest BCUT2D eigenvalue weighted by Crippen LogP contribution is -2.47. The van der Waals surface area contributed by atoms with E-state index in [1.54, 1.807) is 0 Å². The van der Waals surface area contributed by atoms with Crippen LogP contribution in [-0.4, -0.2) is 34.1 Å². The van der Waals surface area contributed by atoms with E-state index < -0.39 is 23.9 Å². The minimum atomic E-state index is -4.44. The van der Waals surface area contributed by atoms with Crippen LogP contribution in [0.4, 0.5) is 18.9 Å². The van der Waals surface area contributed by atoms with Gasteiger partial charge in [0, 0.05) is 5.69 Å². The number of thiocarbonyl (C=S) groups is 1. The Morgan fingerprint density at radius 1 is 0.912 bits per heavy atom. The Bertz CT molecular complexity index is 674. The summed E-state index contributed by atoms with van der Waals surface area (Å²) in [6.07, 6.45) is 11.5. The SMILES string of the molecule is CCCCCCCCCCCCCCC[C@@H](O)[C@H](CO)NC(=S)Nc1cccc(C(F)(F)F)c1. The molecule has 0 amide bonds. The maximum atomic E-state index is 12.8. The minimum Gasteiger partial charge on any atom is -0.394 e. The third-order valence-electron chi connectivity index (χ3n) is 6.03. The summed E-state index contributed by atoms with van der Waals surface area (Å²) >= 11 is 5.15. The van der Waals surface area contributed by atoms with E-state index in [1.807, 2.05) is 0 Å². The van der Waals surface area contributed by atoms with Crippen molar-refractivity contribution in [3.05, 3.63) is 29.8 Å². The second-order valence-electron chi connectivity index (χ2n) is 9.06. The summed E-state index contributed by atoms with van der Waals surface area (Å²) in [5.74, 6) is 0. The molecule has 0 aliphatic carbocycles. The first kappa shape index (κ1) is 30.7. The van der Waals surface area contributed by atoms with Crippen molar-refractivity contribution >= 4 is 23.0 Å². The zero-order valence-corrected chi connectivity index (χ0v) is 21.3. The average molecular weight is 505 g/mol. The van der Waals surface area contributed by atoms with Crippen molar-refractivity contribution < 1.29 is 23.4 Å². The van der Waals surface area contributed by atoms with Gasteiger partial charge in [0.15, 0.2) is 5.11 Å². The summed E-state index contributed by atoms with van der Waals surface area (Å²) in [5.41, 5.74) is -0.587. The van der Waals surface area contributed by atoms with E-state index >= 15 is 0 Å². The maximum absolute atomic E-state index is 12.8. The summed E-state index contributed by atoms with van der Waals surface area (Å²) in [6.45, 7) is 1.91. The van der Waals surface area contributed by atoms with Crippen LogP contribution >= 0.6 is 12.2 Å². The largest absolute Gasteiger partial charge is 0.416 e. The van der Waals surface area contributed by atoms with Gasteiger partial charge in [0.2, 0.25) is 0 Å². The number of aliphatic hydroxyl groups is 2. The van der Waals surface area contributed by atoms with Gasteiger partial charge in [0.05, 0.1) is 24.3 Å². The Balaban J connectivity index is 2.17. The van der Waals surface area contributed by atoms with Gasteiger partial charge in [-0.05, 0) is 36.8 Å². The third kappa shape index (κ3) is 14.1. The number of nitrogens with one attached hydrogen (secondary N) is 2. The molecule has 0 heterocycles. The molecule has 0 aliphatic rings. The Morgan fingerprint density at radius 2 is 1.44 bits per heavy atom. The highest BCUT2D eigenvalue weighted by atomic mass is 32.1. The smallest absolute Gasteiger partial charge is 0.394 e. The molecule has 0 saturated heterocycles. The first-order valence-corrected chi connectivity index (χ1v) is 13.2. The fourth-order valence-corrected chi connectivity index (χ4v) is 4.21. The lowest BCUT2D eigenvalue weighted by molar-refractivity contribution is -0.137. The monoisotopic (exact) mass is 504 g/mol. The van der Waals surface area contributed by atoms with Crippen LogP contribution in [0.3, 0.4) is 0 Å². The molecule has 4 N–H and O–H groups in total. The molecule has 0 saturated carbocycles. The van der Waals surface area contributed by atoms with Crippen LogP contribution in [-0.2, 0) is 6.18 Å². The van der Waals surface area contributed by atoms with E-state index in [-0.39, 0.29) is 17.4 Å². The molecule has 0 fully saturated rings. The van der Waals surface area contributed by atoms with Crippen LogP contribution in [0.1, 0.15) is 102 Å². The van der Waals surface area contributed by atoms with Gasteiger partial charge in [-0.1, -0.05) is 96.5 Å². The number of anilines is 1. The summed E-state index contributed by atoms with van der Waals surface area (Å²) in [7, 11) is 0. The normalized spacial score (nSPS) is 13.5. The molecule has 1 aromatic carbocycles. The molecular weight excluding hydrogens is 461 g/mol. The second kappa shape index (κ2) is 18.0. The predicted octanol–water partition coefficient (Wildman–Crippen LogP) is 7.19. The van der Waals surface area contributed by atoms with E-state index in [0.717, 1.165) is 31.4 Å². The molecule has 1 rings (SSSR count). The van der Waals surface area contributed by atoms with Gasteiger partial charge in [-0.3, -0.25) is 0 Å². The molecule has 196 valence electrons. The molecule has 0 aliphatic heterocycles. The molecule has 2 atom stereocenters. The van der Waals surface area contributed by atoms with Crippen LogP contribution < -0.4 is 10.6 Å². The summed E-state index contributed by atoms with van der Waals surface area (Å²) in [6, 6.07) is 4.04. The summed E-state index contributed by atoms with van der Waals surface area (Å²) in [5, 5.41) is 25.6. The van der Waals surface area contributed by atoms with E-state index in [0.29, 0.717) is 6.42 Å². The number of hydrogen-bond donors (Lipinski definition) is 4. The van der Waals surface area contributed by atoms with Gasteiger partial charge in [-0.2, -0.15) is 13.2 Å². The number of alkyl halides is 3. The van der Waals surface area contributed by atoms with Crippen molar-refractivity contribution in [2.24, 2.45) is 0 Å². The van der Waals surface area contributed by atoms with Crippen molar-refractivity contribution in [1.29, 1.82) is 0 Å². The zero-order chi connectivity index (χ0) is 25.2. The van der Waals surface area contributed by atoms with E-state index in [1.165, 1.54) is 76.3 Å². The van der Waals surface area contributed by atoms with Crippen LogP contribution in [0.15, 0.2) is 24.3 Å². The number of halogens is 3.